The van der Waals surface area contributed by atoms with Gasteiger partial charge in [-0.05, 0) is 25.5 Å². The van der Waals surface area contributed by atoms with Gasteiger partial charge in [0, 0.05) is 6.04 Å². The molecule has 0 amide bonds. The van der Waals surface area contributed by atoms with Crippen LogP contribution in [0, 0.1) is 0 Å². The molecule has 1 fully saturated rings. The Balaban J connectivity index is 0.00000121. The number of halogens is 1. The first-order valence-electron chi connectivity index (χ1n) is 4.95. The summed E-state index contributed by atoms with van der Waals surface area (Å²) >= 11 is 0. The van der Waals surface area contributed by atoms with Crippen LogP contribution in [0.2, 0.25) is 0 Å². The maximum Gasteiger partial charge on any atom is 0.0495 e. The first-order chi connectivity index (χ1) is 5.43. The summed E-state index contributed by atoms with van der Waals surface area (Å²) in [7, 11) is 0. The van der Waals surface area contributed by atoms with E-state index in [1.807, 2.05) is 0 Å². The van der Waals surface area contributed by atoms with E-state index in [2.05, 4.69) is 18.1 Å². The number of hydrogen-bond acceptors (Lipinski definition) is 1. The van der Waals surface area contributed by atoms with Crippen LogP contribution in [0.4, 0.5) is 0 Å². The van der Waals surface area contributed by atoms with E-state index >= 15 is 0 Å². The maximum atomic E-state index is 4.55. The Morgan fingerprint density at radius 2 is 1.92 bits per heavy atom. The summed E-state index contributed by atoms with van der Waals surface area (Å²) < 4.78 is 0. The molecule has 0 atom stereocenters. The summed E-state index contributed by atoms with van der Waals surface area (Å²) in [6.45, 7) is 2.20. The lowest BCUT2D eigenvalue weighted by Crippen LogP contribution is -2.09. The van der Waals surface area contributed by atoms with Crippen molar-refractivity contribution < 1.29 is 0 Å². The molecule has 0 radical (unpaired) electrons. The monoisotopic (exact) mass is 189 g/mol. The Kier molecular flexibility index (Phi) is 7.58. The molecule has 72 valence electrons. The van der Waals surface area contributed by atoms with Crippen LogP contribution in [0.25, 0.3) is 0 Å². The van der Waals surface area contributed by atoms with Crippen molar-refractivity contribution in [3.8, 4) is 0 Å². The lowest BCUT2D eigenvalue weighted by molar-refractivity contribution is 0.444. The molecule has 2 heteroatoms. The van der Waals surface area contributed by atoms with E-state index < -0.39 is 0 Å². The molecule has 1 aliphatic rings. The highest BCUT2D eigenvalue weighted by Gasteiger charge is 2.09. The fraction of sp³-hybridized carbons (Fsp3) is 0.900. The van der Waals surface area contributed by atoms with Gasteiger partial charge >= 0.3 is 0 Å². The molecule has 1 saturated carbocycles. The van der Waals surface area contributed by atoms with Gasteiger partial charge in [-0.25, -0.2) is 0 Å². The van der Waals surface area contributed by atoms with E-state index in [9.17, 15) is 0 Å². The van der Waals surface area contributed by atoms with E-state index in [1.165, 1.54) is 38.5 Å². The molecule has 12 heavy (non-hydrogen) atoms. The standard InChI is InChI=1S/C10H19N.ClH/c1-2-3-9-11-10-7-5-4-6-8-10;/h9-10H,2-8H2,1H3;1H. The second-order valence-corrected chi connectivity index (χ2v) is 3.41. The average Bonchev–Trinajstić information content (AvgIpc) is 2.07. The number of nitrogens with zero attached hydrogens (tertiary/aromatic N) is 1. The van der Waals surface area contributed by atoms with Gasteiger partial charge in [0.2, 0.25) is 0 Å². The van der Waals surface area contributed by atoms with Crippen molar-refractivity contribution in [2.24, 2.45) is 4.99 Å². The maximum absolute atomic E-state index is 4.55. The molecule has 0 bridgehead atoms. The summed E-state index contributed by atoms with van der Waals surface area (Å²) in [5.41, 5.74) is 0. The summed E-state index contributed by atoms with van der Waals surface area (Å²) in [5, 5.41) is 0. The highest BCUT2D eigenvalue weighted by molar-refractivity contribution is 5.85. The van der Waals surface area contributed by atoms with Crippen LogP contribution in [0.5, 0.6) is 0 Å². The Labute approximate surface area is 82.1 Å². The van der Waals surface area contributed by atoms with Crippen LogP contribution in [0.3, 0.4) is 0 Å². The van der Waals surface area contributed by atoms with Crippen LogP contribution in [0.15, 0.2) is 4.99 Å². The van der Waals surface area contributed by atoms with Crippen LogP contribution < -0.4 is 0 Å². The third-order valence-electron chi connectivity index (χ3n) is 2.31. The zero-order chi connectivity index (χ0) is 7.94. The molecule has 1 aliphatic carbocycles. The zero-order valence-corrected chi connectivity index (χ0v) is 8.78. The van der Waals surface area contributed by atoms with Crippen molar-refractivity contribution in [3.05, 3.63) is 0 Å². The van der Waals surface area contributed by atoms with Crippen molar-refractivity contribution >= 4 is 18.6 Å². The van der Waals surface area contributed by atoms with Crippen LogP contribution in [-0.4, -0.2) is 12.3 Å². The number of aliphatic imine (C=N–C) groups is 1. The van der Waals surface area contributed by atoms with Gasteiger partial charge in [0.15, 0.2) is 0 Å². The first-order valence-corrected chi connectivity index (χ1v) is 4.95. The van der Waals surface area contributed by atoms with Crippen molar-refractivity contribution in [2.75, 3.05) is 0 Å². The van der Waals surface area contributed by atoms with Gasteiger partial charge in [-0.3, -0.25) is 4.99 Å². The number of rotatable bonds is 3. The van der Waals surface area contributed by atoms with Gasteiger partial charge in [-0.15, -0.1) is 12.4 Å². The summed E-state index contributed by atoms with van der Waals surface area (Å²) in [4.78, 5) is 4.55. The van der Waals surface area contributed by atoms with E-state index in [1.54, 1.807) is 0 Å². The highest BCUT2D eigenvalue weighted by atomic mass is 35.5. The van der Waals surface area contributed by atoms with Gasteiger partial charge in [0.05, 0.1) is 0 Å². The quantitative estimate of drug-likeness (QED) is 0.602. The highest BCUT2D eigenvalue weighted by Crippen LogP contribution is 2.19. The van der Waals surface area contributed by atoms with Crippen LogP contribution >= 0.6 is 12.4 Å². The van der Waals surface area contributed by atoms with Crippen molar-refractivity contribution in [1.29, 1.82) is 0 Å². The molecule has 0 N–H and O–H groups in total. The largest absolute Gasteiger partial charge is 0.294 e. The molecule has 0 aliphatic heterocycles. The van der Waals surface area contributed by atoms with Crippen molar-refractivity contribution in [3.63, 3.8) is 0 Å². The molecule has 0 unspecified atom stereocenters. The predicted octanol–water partition coefficient (Wildman–Crippen LogP) is 3.61. The molecule has 0 aromatic rings. The molecule has 0 spiro atoms. The summed E-state index contributed by atoms with van der Waals surface area (Å²) in [5.74, 6) is 0. The minimum absolute atomic E-state index is 0. The van der Waals surface area contributed by atoms with Gasteiger partial charge in [0.25, 0.3) is 0 Å². The molecular weight excluding hydrogens is 170 g/mol. The number of hydrogen-bond donors (Lipinski definition) is 0. The lowest BCUT2D eigenvalue weighted by Gasteiger charge is -2.16. The third-order valence-corrected chi connectivity index (χ3v) is 2.31. The zero-order valence-electron chi connectivity index (χ0n) is 7.96. The molecule has 1 nitrogen and oxygen atoms in total. The van der Waals surface area contributed by atoms with Gasteiger partial charge in [-0.1, -0.05) is 32.6 Å². The second-order valence-electron chi connectivity index (χ2n) is 3.41. The topological polar surface area (TPSA) is 12.4 Å². The van der Waals surface area contributed by atoms with Crippen molar-refractivity contribution in [1.82, 2.24) is 0 Å². The van der Waals surface area contributed by atoms with E-state index in [0.717, 1.165) is 6.42 Å². The minimum Gasteiger partial charge on any atom is -0.294 e. The van der Waals surface area contributed by atoms with Crippen molar-refractivity contribution in [2.45, 2.75) is 57.9 Å². The number of unbranched alkanes of at least 4 members (excludes halogenated alkanes) is 1. The second kappa shape index (κ2) is 7.60. The van der Waals surface area contributed by atoms with Crippen LogP contribution in [-0.2, 0) is 0 Å². The fourth-order valence-corrected chi connectivity index (χ4v) is 1.58. The van der Waals surface area contributed by atoms with Crippen LogP contribution in [0.1, 0.15) is 51.9 Å². The Hall–Kier alpha value is -0.0400. The molecule has 0 saturated heterocycles. The minimum atomic E-state index is 0. The third kappa shape index (κ3) is 4.76. The lowest BCUT2D eigenvalue weighted by atomic mass is 9.96. The normalized spacial score (nSPS) is 19.4. The van der Waals surface area contributed by atoms with Gasteiger partial charge in [0.1, 0.15) is 0 Å². The Bertz CT molecular complexity index is 117. The smallest absolute Gasteiger partial charge is 0.0495 e. The Morgan fingerprint density at radius 1 is 1.25 bits per heavy atom. The molecule has 0 aromatic carbocycles. The molecular formula is C10H20ClN. The van der Waals surface area contributed by atoms with E-state index in [4.69, 9.17) is 0 Å². The molecule has 0 heterocycles. The van der Waals surface area contributed by atoms with E-state index in [0.29, 0.717) is 6.04 Å². The molecule has 0 aromatic heterocycles. The Morgan fingerprint density at radius 3 is 2.50 bits per heavy atom. The average molecular weight is 190 g/mol. The summed E-state index contributed by atoms with van der Waals surface area (Å²) in [6.07, 6.45) is 11.4. The SMILES string of the molecule is CCCC=NC1CCCCC1.Cl. The van der Waals surface area contributed by atoms with Gasteiger partial charge in [-0.2, -0.15) is 0 Å². The van der Waals surface area contributed by atoms with Gasteiger partial charge < -0.3 is 0 Å². The first kappa shape index (κ1) is 12.0. The predicted molar refractivity (Wildman–Crippen MR) is 57.5 cm³/mol. The van der Waals surface area contributed by atoms with E-state index in [-0.39, 0.29) is 12.4 Å². The summed E-state index contributed by atoms with van der Waals surface area (Å²) in [6, 6.07) is 0.676. The molecule has 1 rings (SSSR count). The fourth-order valence-electron chi connectivity index (χ4n) is 1.58.